The van der Waals surface area contributed by atoms with Crippen LogP contribution in [0.4, 0.5) is 0 Å². The number of rotatable bonds is 5. The van der Waals surface area contributed by atoms with Crippen LogP contribution in [0.2, 0.25) is 0 Å². The van der Waals surface area contributed by atoms with Gasteiger partial charge in [-0.1, -0.05) is 17.7 Å². The second-order valence-corrected chi connectivity index (χ2v) is 3.03. The molecule has 78 valence electrons. The number of benzene rings is 1. The highest BCUT2D eigenvalue weighted by atomic mass is 16.6. The minimum atomic E-state index is -0.846. The predicted octanol–water partition coefficient (Wildman–Crippen LogP) is 1.73. The number of aryl methyl sites for hydroxylation is 1. The summed E-state index contributed by atoms with van der Waals surface area (Å²) >= 11 is 0. The average molecular weight is 196 g/mol. The molecule has 1 atom stereocenters. The molecule has 0 aromatic heterocycles. The summed E-state index contributed by atoms with van der Waals surface area (Å²) in [4.78, 5) is 0. The van der Waals surface area contributed by atoms with E-state index < -0.39 is 6.29 Å². The third-order valence-corrected chi connectivity index (χ3v) is 1.77. The molecule has 0 bridgehead atoms. The molecule has 0 aliphatic carbocycles. The molecule has 3 heteroatoms. The highest BCUT2D eigenvalue weighted by Gasteiger charge is 2.03. The number of ether oxygens (including phenoxy) is 2. The maximum absolute atomic E-state index is 9.22. The fourth-order valence-electron chi connectivity index (χ4n) is 1.04. The van der Waals surface area contributed by atoms with Crippen LogP contribution in [-0.4, -0.2) is 24.6 Å². The van der Waals surface area contributed by atoms with E-state index in [-0.39, 0.29) is 6.61 Å². The van der Waals surface area contributed by atoms with Crippen molar-refractivity contribution in [3.8, 4) is 5.75 Å². The van der Waals surface area contributed by atoms with Crippen molar-refractivity contribution in [2.75, 3.05) is 13.2 Å². The first-order valence-electron chi connectivity index (χ1n) is 4.71. The summed E-state index contributed by atoms with van der Waals surface area (Å²) in [6, 6.07) is 7.66. The Hall–Kier alpha value is -1.06. The molecule has 0 heterocycles. The molecule has 3 nitrogen and oxygen atoms in total. The van der Waals surface area contributed by atoms with Crippen LogP contribution in [0, 0.1) is 6.92 Å². The summed E-state index contributed by atoms with van der Waals surface area (Å²) in [5.41, 5.74) is 1.18. The fourth-order valence-corrected chi connectivity index (χ4v) is 1.04. The first-order chi connectivity index (χ1) is 6.72. The lowest BCUT2D eigenvalue weighted by atomic mass is 10.2. The van der Waals surface area contributed by atoms with Crippen molar-refractivity contribution in [2.24, 2.45) is 0 Å². The molecule has 1 unspecified atom stereocenters. The predicted molar refractivity (Wildman–Crippen MR) is 54.3 cm³/mol. The molecule has 14 heavy (non-hydrogen) atoms. The molecular weight excluding hydrogens is 180 g/mol. The Morgan fingerprint density at radius 1 is 1.29 bits per heavy atom. The maximum atomic E-state index is 9.22. The molecule has 0 radical (unpaired) electrons. The Morgan fingerprint density at radius 2 is 1.93 bits per heavy atom. The highest BCUT2D eigenvalue weighted by molar-refractivity contribution is 5.26. The third kappa shape index (κ3) is 3.77. The molecule has 0 saturated carbocycles. The maximum Gasteiger partial charge on any atom is 0.189 e. The zero-order chi connectivity index (χ0) is 10.4. The Kier molecular flexibility index (Phi) is 4.43. The van der Waals surface area contributed by atoms with E-state index in [4.69, 9.17) is 9.47 Å². The third-order valence-electron chi connectivity index (χ3n) is 1.77. The lowest BCUT2D eigenvalue weighted by molar-refractivity contribution is -0.115. The minimum Gasteiger partial charge on any atom is -0.488 e. The second-order valence-electron chi connectivity index (χ2n) is 3.03. The quantitative estimate of drug-likeness (QED) is 0.729. The fraction of sp³-hybridized carbons (Fsp3) is 0.455. The molecule has 1 rings (SSSR count). The van der Waals surface area contributed by atoms with Crippen LogP contribution in [0.15, 0.2) is 24.3 Å². The van der Waals surface area contributed by atoms with E-state index in [0.29, 0.717) is 6.61 Å². The molecular formula is C11H16O3. The lowest BCUT2D eigenvalue weighted by Crippen LogP contribution is -2.20. The van der Waals surface area contributed by atoms with Gasteiger partial charge in [-0.3, -0.25) is 0 Å². The average Bonchev–Trinajstić information content (AvgIpc) is 2.17. The molecule has 0 aliphatic rings. The van der Waals surface area contributed by atoms with Crippen LogP contribution in [-0.2, 0) is 4.74 Å². The van der Waals surface area contributed by atoms with E-state index in [0.717, 1.165) is 5.75 Å². The molecule has 0 spiro atoms. The van der Waals surface area contributed by atoms with Gasteiger partial charge < -0.3 is 14.6 Å². The van der Waals surface area contributed by atoms with Crippen LogP contribution >= 0.6 is 0 Å². The summed E-state index contributed by atoms with van der Waals surface area (Å²) in [5.74, 6) is 0.745. The van der Waals surface area contributed by atoms with Crippen molar-refractivity contribution >= 4 is 0 Å². The van der Waals surface area contributed by atoms with E-state index in [9.17, 15) is 5.11 Å². The number of aliphatic hydroxyl groups excluding tert-OH is 1. The summed E-state index contributed by atoms with van der Waals surface area (Å²) in [5, 5.41) is 9.22. The summed E-state index contributed by atoms with van der Waals surface area (Å²) in [6.45, 7) is 4.49. The topological polar surface area (TPSA) is 38.7 Å². The Morgan fingerprint density at radius 3 is 2.50 bits per heavy atom. The Labute approximate surface area is 84.3 Å². The van der Waals surface area contributed by atoms with Crippen molar-refractivity contribution in [2.45, 2.75) is 20.1 Å². The van der Waals surface area contributed by atoms with Gasteiger partial charge in [-0.15, -0.1) is 0 Å². The largest absolute Gasteiger partial charge is 0.488 e. The van der Waals surface area contributed by atoms with E-state index in [1.165, 1.54) is 5.56 Å². The van der Waals surface area contributed by atoms with Gasteiger partial charge in [0, 0.05) is 6.61 Å². The summed E-state index contributed by atoms with van der Waals surface area (Å²) in [7, 11) is 0. The zero-order valence-corrected chi connectivity index (χ0v) is 8.56. The highest BCUT2D eigenvalue weighted by Crippen LogP contribution is 2.11. The number of hydrogen-bond acceptors (Lipinski definition) is 3. The number of aliphatic hydroxyl groups is 1. The molecule has 0 fully saturated rings. The van der Waals surface area contributed by atoms with Gasteiger partial charge in [-0.05, 0) is 26.0 Å². The van der Waals surface area contributed by atoms with Crippen molar-refractivity contribution in [3.05, 3.63) is 29.8 Å². The van der Waals surface area contributed by atoms with Crippen molar-refractivity contribution < 1.29 is 14.6 Å². The van der Waals surface area contributed by atoms with Crippen LogP contribution in [0.25, 0.3) is 0 Å². The molecule has 1 aromatic carbocycles. The molecule has 1 aromatic rings. The zero-order valence-electron chi connectivity index (χ0n) is 8.56. The van der Waals surface area contributed by atoms with E-state index in [1.807, 2.05) is 38.1 Å². The van der Waals surface area contributed by atoms with Crippen LogP contribution < -0.4 is 4.74 Å². The molecule has 0 saturated heterocycles. The van der Waals surface area contributed by atoms with Crippen LogP contribution in [0.3, 0.4) is 0 Å². The van der Waals surface area contributed by atoms with Crippen molar-refractivity contribution in [3.63, 3.8) is 0 Å². The van der Waals surface area contributed by atoms with E-state index in [1.54, 1.807) is 0 Å². The van der Waals surface area contributed by atoms with E-state index >= 15 is 0 Å². The van der Waals surface area contributed by atoms with E-state index in [2.05, 4.69) is 0 Å². The SMILES string of the molecule is CCOC(O)COc1ccc(C)cc1. The van der Waals surface area contributed by atoms with Crippen molar-refractivity contribution in [1.29, 1.82) is 0 Å². The monoisotopic (exact) mass is 196 g/mol. The Bertz CT molecular complexity index is 256. The smallest absolute Gasteiger partial charge is 0.189 e. The van der Waals surface area contributed by atoms with Gasteiger partial charge in [0.2, 0.25) is 0 Å². The number of hydrogen-bond donors (Lipinski definition) is 1. The van der Waals surface area contributed by atoms with Gasteiger partial charge in [0.1, 0.15) is 12.4 Å². The first-order valence-corrected chi connectivity index (χ1v) is 4.71. The standard InChI is InChI=1S/C11H16O3/c1-3-13-11(12)8-14-10-6-4-9(2)5-7-10/h4-7,11-12H,3,8H2,1-2H3. The Balaban J connectivity index is 2.34. The van der Waals surface area contributed by atoms with Gasteiger partial charge in [0.05, 0.1) is 0 Å². The summed E-state index contributed by atoms with van der Waals surface area (Å²) in [6.07, 6.45) is -0.846. The second kappa shape index (κ2) is 5.62. The lowest BCUT2D eigenvalue weighted by Gasteiger charge is -2.11. The first kappa shape index (κ1) is 11.0. The van der Waals surface area contributed by atoms with Crippen LogP contribution in [0.1, 0.15) is 12.5 Å². The molecule has 1 N–H and O–H groups in total. The van der Waals surface area contributed by atoms with Crippen molar-refractivity contribution in [1.82, 2.24) is 0 Å². The normalized spacial score (nSPS) is 12.5. The van der Waals surface area contributed by atoms with Crippen LogP contribution in [0.5, 0.6) is 5.75 Å². The molecule has 0 amide bonds. The minimum absolute atomic E-state index is 0.164. The van der Waals surface area contributed by atoms with Gasteiger partial charge in [-0.2, -0.15) is 0 Å². The van der Waals surface area contributed by atoms with Gasteiger partial charge in [-0.25, -0.2) is 0 Å². The molecule has 0 aliphatic heterocycles. The van der Waals surface area contributed by atoms with Gasteiger partial charge in [0.15, 0.2) is 6.29 Å². The summed E-state index contributed by atoms with van der Waals surface area (Å²) < 4.78 is 10.2. The van der Waals surface area contributed by atoms with Gasteiger partial charge in [0.25, 0.3) is 0 Å². The van der Waals surface area contributed by atoms with Gasteiger partial charge >= 0.3 is 0 Å².